The summed E-state index contributed by atoms with van der Waals surface area (Å²) in [5.41, 5.74) is 1.61. The minimum atomic E-state index is -0.499. The van der Waals surface area contributed by atoms with Gasteiger partial charge in [-0.25, -0.2) is 4.79 Å². The standard InChI is InChI=1S/C18H21NO2S/c1-17(2,3)21-16(20)19-10-8-13-6-7-14(12-15(13)19)18(4)9-5-11-22-18/h5-10,12H,11H2,1-4H3/t18-/m1/s1. The highest BCUT2D eigenvalue weighted by Crippen LogP contribution is 2.42. The lowest BCUT2D eigenvalue weighted by atomic mass is 9.99. The van der Waals surface area contributed by atoms with Gasteiger partial charge >= 0.3 is 6.09 Å². The Morgan fingerprint density at radius 1 is 1.32 bits per heavy atom. The highest BCUT2D eigenvalue weighted by molar-refractivity contribution is 8.00. The predicted octanol–water partition coefficient (Wildman–Crippen LogP) is 4.94. The summed E-state index contributed by atoms with van der Waals surface area (Å²) in [5.74, 6) is 1.03. The van der Waals surface area contributed by atoms with Crippen molar-refractivity contribution in [1.29, 1.82) is 0 Å². The molecule has 0 bridgehead atoms. The van der Waals surface area contributed by atoms with Gasteiger partial charge in [0.2, 0.25) is 0 Å². The highest BCUT2D eigenvalue weighted by atomic mass is 32.2. The molecule has 0 amide bonds. The van der Waals surface area contributed by atoms with Crippen molar-refractivity contribution in [3.8, 4) is 0 Å². The van der Waals surface area contributed by atoms with E-state index in [1.165, 1.54) is 5.56 Å². The second-order valence-corrected chi connectivity index (χ2v) is 8.23. The van der Waals surface area contributed by atoms with E-state index in [2.05, 4.69) is 37.3 Å². The number of benzene rings is 1. The molecule has 0 fully saturated rings. The minimum absolute atomic E-state index is 0.0166. The Balaban J connectivity index is 2.02. The van der Waals surface area contributed by atoms with Crippen molar-refractivity contribution in [3.05, 3.63) is 48.2 Å². The molecule has 1 atom stereocenters. The van der Waals surface area contributed by atoms with Gasteiger partial charge in [-0.3, -0.25) is 4.57 Å². The van der Waals surface area contributed by atoms with Gasteiger partial charge in [0, 0.05) is 17.3 Å². The van der Waals surface area contributed by atoms with E-state index in [9.17, 15) is 4.79 Å². The molecule has 0 saturated carbocycles. The lowest BCUT2D eigenvalue weighted by Gasteiger charge is -2.22. The van der Waals surface area contributed by atoms with Crippen molar-refractivity contribution < 1.29 is 9.53 Å². The van der Waals surface area contributed by atoms with E-state index < -0.39 is 5.60 Å². The van der Waals surface area contributed by atoms with Gasteiger partial charge in [0.25, 0.3) is 0 Å². The summed E-state index contributed by atoms with van der Waals surface area (Å²) >= 11 is 1.90. The first kappa shape index (κ1) is 15.2. The molecule has 0 spiro atoms. The maximum Gasteiger partial charge on any atom is 0.418 e. The Bertz CT molecular complexity index is 754. The van der Waals surface area contributed by atoms with Crippen LogP contribution in [0.2, 0.25) is 0 Å². The number of aromatic nitrogens is 1. The fraction of sp³-hybridized carbons (Fsp3) is 0.389. The summed E-state index contributed by atoms with van der Waals surface area (Å²) in [6.07, 6.45) is 5.88. The lowest BCUT2D eigenvalue weighted by Crippen LogP contribution is -2.26. The number of rotatable bonds is 1. The molecule has 3 rings (SSSR count). The Morgan fingerprint density at radius 2 is 2.09 bits per heavy atom. The van der Waals surface area contributed by atoms with Crippen molar-refractivity contribution in [2.75, 3.05) is 5.75 Å². The van der Waals surface area contributed by atoms with Crippen LogP contribution in [0.15, 0.2) is 42.6 Å². The molecular formula is C18H21NO2S. The Hall–Kier alpha value is -1.68. The summed E-state index contributed by atoms with van der Waals surface area (Å²) in [7, 11) is 0. The van der Waals surface area contributed by atoms with Crippen LogP contribution in [0.5, 0.6) is 0 Å². The van der Waals surface area contributed by atoms with Crippen molar-refractivity contribution in [2.45, 2.75) is 38.0 Å². The van der Waals surface area contributed by atoms with E-state index in [-0.39, 0.29) is 10.8 Å². The van der Waals surface area contributed by atoms with Gasteiger partial charge in [0.1, 0.15) is 5.60 Å². The van der Waals surface area contributed by atoms with Crippen LogP contribution in [0.3, 0.4) is 0 Å². The second kappa shape index (κ2) is 5.20. The van der Waals surface area contributed by atoms with E-state index in [1.807, 2.05) is 38.6 Å². The van der Waals surface area contributed by atoms with E-state index in [0.717, 1.165) is 16.7 Å². The van der Waals surface area contributed by atoms with Gasteiger partial charge < -0.3 is 4.74 Å². The van der Waals surface area contributed by atoms with Crippen LogP contribution in [-0.2, 0) is 9.48 Å². The Kier molecular flexibility index (Phi) is 3.60. The predicted molar refractivity (Wildman–Crippen MR) is 92.5 cm³/mol. The molecule has 4 heteroatoms. The fourth-order valence-electron chi connectivity index (χ4n) is 2.63. The number of carbonyl (C=O) groups excluding carboxylic acids is 1. The topological polar surface area (TPSA) is 31.2 Å². The molecular weight excluding hydrogens is 294 g/mol. The first-order chi connectivity index (χ1) is 10.3. The van der Waals surface area contributed by atoms with Gasteiger partial charge in [-0.1, -0.05) is 24.3 Å². The SMILES string of the molecule is CC(C)(C)OC(=O)n1ccc2ccc([C@@]3(C)C=CCS3)cc21. The molecule has 0 aliphatic carbocycles. The number of fused-ring (bicyclic) bond motifs is 1. The van der Waals surface area contributed by atoms with Gasteiger partial charge in [-0.05, 0) is 45.4 Å². The third-order valence-electron chi connectivity index (χ3n) is 3.77. The largest absolute Gasteiger partial charge is 0.443 e. The van der Waals surface area contributed by atoms with Crippen molar-refractivity contribution in [2.24, 2.45) is 0 Å². The molecule has 116 valence electrons. The van der Waals surface area contributed by atoms with E-state index in [4.69, 9.17) is 4.74 Å². The second-order valence-electron chi connectivity index (χ2n) is 6.76. The molecule has 2 heterocycles. The molecule has 1 aromatic carbocycles. The maximum atomic E-state index is 12.4. The number of carbonyl (C=O) groups is 1. The molecule has 0 saturated heterocycles. The van der Waals surface area contributed by atoms with Crippen LogP contribution in [0.25, 0.3) is 10.9 Å². The molecule has 0 radical (unpaired) electrons. The summed E-state index contributed by atoms with van der Waals surface area (Å²) < 4.78 is 7.06. The Labute approximate surface area is 135 Å². The lowest BCUT2D eigenvalue weighted by molar-refractivity contribution is 0.0544. The molecule has 1 aliphatic heterocycles. The summed E-state index contributed by atoms with van der Waals surface area (Å²) in [6, 6.07) is 8.26. The van der Waals surface area contributed by atoms with Crippen molar-refractivity contribution in [1.82, 2.24) is 4.57 Å². The summed E-state index contributed by atoms with van der Waals surface area (Å²) in [6.45, 7) is 7.85. The maximum absolute atomic E-state index is 12.4. The normalized spacial score (nSPS) is 21.5. The fourth-order valence-corrected chi connectivity index (χ4v) is 3.65. The summed E-state index contributed by atoms with van der Waals surface area (Å²) in [4.78, 5) is 12.4. The zero-order valence-electron chi connectivity index (χ0n) is 13.4. The molecule has 22 heavy (non-hydrogen) atoms. The number of ether oxygens (including phenoxy) is 1. The number of hydrogen-bond acceptors (Lipinski definition) is 3. The third kappa shape index (κ3) is 2.80. The summed E-state index contributed by atoms with van der Waals surface area (Å²) in [5, 5.41) is 1.05. The first-order valence-corrected chi connectivity index (χ1v) is 8.44. The quantitative estimate of drug-likeness (QED) is 0.698. The van der Waals surface area contributed by atoms with E-state index in [1.54, 1.807) is 10.8 Å². The van der Waals surface area contributed by atoms with Gasteiger partial charge in [-0.2, -0.15) is 0 Å². The molecule has 0 unspecified atom stereocenters. The zero-order valence-corrected chi connectivity index (χ0v) is 14.2. The molecule has 3 nitrogen and oxygen atoms in total. The van der Waals surface area contributed by atoms with Gasteiger partial charge in [0.05, 0.1) is 10.3 Å². The van der Waals surface area contributed by atoms with Crippen LogP contribution in [-0.4, -0.2) is 22.0 Å². The smallest absolute Gasteiger partial charge is 0.418 e. The third-order valence-corrected chi connectivity index (χ3v) is 5.10. The zero-order chi connectivity index (χ0) is 16.0. The van der Waals surface area contributed by atoms with Crippen molar-refractivity contribution in [3.63, 3.8) is 0 Å². The highest BCUT2D eigenvalue weighted by Gasteiger charge is 2.28. The van der Waals surface area contributed by atoms with E-state index in [0.29, 0.717) is 0 Å². The average Bonchev–Trinajstić information content (AvgIpc) is 3.02. The monoisotopic (exact) mass is 315 g/mol. The van der Waals surface area contributed by atoms with Crippen molar-refractivity contribution >= 4 is 28.8 Å². The van der Waals surface area contributed by atoms with E-state index >= 15 is 0 Å². The van der Waals surface area contributed by atoms with Crippen LogP contribution >= 0.6 is 11.8 Å². The number of hydrogen-bond donors (Lipinski definition) is 0. The first-order valence-electron chi connectivity index (χ1n) is 7.45. The average molecular weight is 315 g/mol. The number of thioether (sulfide) groups is 1. The van der Waals surface area contributed by atoms with Gasteiger partial charge in [-0.15, -0.1) is 11.8 Å². The van der Waals surface area contributed by atoms with Crippen LogP contribution in [0.4, 0.5) is 4.79 Å². The van der Waals surface area contributed by atoms with Crippen LogP contribution in [0.1, 0.15) is 33.3 Å². The molecule has 1 aromatic heterocycles. The Morgan fingerprint density at radius 3 is 2.73 bits per heavy atom. The molecule has 0 N–H and O–H groups in total. The van der Waals surface area contributed by atoms with Crippen LogP contribution < -0.4 is 0 Å². The van der Waals surface area contributed by atoms with Crippen LogP contribution in [0, 0.1) is 0 Å². The minimum Gasteiger partial charge on any atom is -0.443 e. The molecule has 2 aromatic rings. The molecule has 1 aliphatic rings. The number of nitrogens with zero attached hydrogens (tertiary/aromatic N) is 1. The van der Waals surface area contributed by atoms with Gasteiger partial charge in [0.15, 0.2) is 0 Å².